The Morgan fingerprint density at radius 2 is 2.00 bits per heavy atom. The maximum absolute atomic E-state index is 12.4. The molecular weight excluding hydrogens is 292 g/mol. The molecule has 0 heterocycles. The summed E-state index contributed by atoms with van der Waals surface area (Å²) < 4.78 is 4.71. The quantitative estimate of drug-likeness (QED) is 0.850. The second-order valence-corrected chi connectivity index (χ2v) is 5.68. The van der Waals surface area contributed by atoms with Crippen molar-refractivity contribution in [2.75, 3.05) is 19.0 Å². The van der Waals surface area contributed by atoms with E-state index in [0.717, 1.165) is 12.8 Å². The molecule has 0 saturated heterocycles. The summed E-state index contributed by atoms with van der Waals surface area (Å²) in [5.41, 5.74) is 0.681. The van der Waals surface area contributed by atoms with Crippen molar-refractivity contribution >= 4 is 29.3 Å². The average Bonchev–Trinajstić information content (AvgIpc) is 3.30. The summed E-state index contributed by atoms with van der Waals surface area (Å²) in [6, 6.07) is 6.94. The number of carbonyl (C=O) groups is 2. The SMILES string of the molecule is COC(=O)C(C)CN(C(=O)Nc1ccc(Cl)cc1)C1CC1. The van der Waals surface area contributed by atoms with Crippen LogP contribution in [0.4, 0.5) is 10.5 Å². The number of rotatable bonds is 5. The maximum atomic E-state index is 12.4. The van der Waals surface area contributed by atoms with E-state index in [4.69, 9.17) is 16.3 Å². The first-order chi connectivity index (χ1) is 10.0. The minimum Gasteiger partial charge on any atom is -0.469 e. The average molecular weight is 311 g/mol. The normalized spacial score (nSPS) is 15.2. The van der Waals surface area contributed by atoms with Crippen molar-refractivity contribution in [2.24, 2.45) is 5.92 Å². The van der Waals surface area contributed by atoms with Gasteiger partial charge in [-0.15, -0.1) is 0 Å². The molecule has 0 spiro atoms. The van der Waals surface area contributed by atoms with Gasteiger partial charge in [0.05, 0.1) is 13.0 Å². The number of esters is 1. The first kappa shape index (κ1) is 15.6. The van der Waals surface area contributed by atoms with Gasteiger partial charge in [0.25, 0.3) is 0 Å². The van der Waals surface area contributed by atoms with Crippen LogP contribution in [0.5, 0.6) is 0 Å². The first-order valence-corrected chi connectivity index (χ1v) is 7.30. The number of carbonyl (C=O) groups excluding carboxylic acids is 2. The van der Waals surface area contributed by atoms with Crippen LogP contribution in [0.3, 0.4) is 0 Å². The van der Waals surface area contributed by atoms with Crippen molar-refractivity contribution in [3.8, 4) is 0 Å². The summed E-state index contributed by atoms with van der Waals surface area (Å²) in [6.45, 7) is 2.12. The number of urea groups is 1. The van der Waals surface area contributed by atoms with Gasteiger partial charge in [0.2, 0.25) is 0 Å². The van der Waals surface area contributed by atoms with Crippen LogP contribution in [0, 0.1) is 5.92 Å². The van der Waals surface area contributed by atoms with Crippen molar-refractivity contribution in [1.29, 1.82) is 0 Å². The molecule has 2 rings (SSSR count). The van der Waals surface area contributed by atoms with E-state index >= 15 is 0 Å². The Hall–Kier alpha value is -1.75. The fourth-order valence-electron chi connectivity index (χ4n) is 2.08. The molecule has 1 fully saturated rings. The zero-order valence-electron chi connectivity index (χ0n) is 12.1. The molecule has 1 N–H and O–H groups in total. The lowest BCUT2D eigenvalue weighted by atomic mass is 10.1. The van der Waals surface area contributed by atoms with E-state index in [1.54, 1.807) is 36.1 Å². The fourth-order valence-corrected chi connectivity index (χ4v) is 2.21. The van der Waals surface area contributed by atoms with E-state index in [0.29, 0.717) is 17.3 Å². The van der Waals surface area contributed by atoms with Gasteiger partial charge in [0, 0.05) is 23.3 Å². The van der Waals surface area contributed by atoms with Gasteiger partial charge in [-0.25, -0.2) is 4.79 Å². The Balaban J connectivity index is 1.99. The summed E-state index contributed by atoms with van der Waals surface area (Å²) in [4.78, 5) is 25.6. The van der Waals surface area contributed by atoms with Crippen LogP contribution in [0.25, 0.3) is 0 Å². The molecule has 114 valence electrons. The van der Waals surface area contributed by atoms with Crippen LogP contribution in [-0.4, -0.2) is 36.6 Å². The minimum atomic E-state index is -0.341. The molecule has 5 nitrogen and oxygen atoms in total. The number of benzene rings is 1. The van der Waals surface area contributed by atoms with E-state index in [9.17, 15) is 9.59 Å². The van der Waals surface area contributed by atoms with Crippen LogP contribution < -0.4 is 5.32 Å². The highest BCUT2D eigenvalue weighted by molar-refractivity contribution is 6.30. The number of hydrogen-bond donors (Lipinski definition) is 1. The van der Waals surface area contributed by atoms with Crippen LogP contribution in [0.2, 0.25) is 5.02 Å². The molecule has 1 unspecified atom stereocenters. The second-order valence-electron chi connectivity index (χ2n) is 5.24. The third-order valence-electron chi connectivity index (χ3n) is 3.42. The molecule has 1 saturated carbocycles. The van der Waals surface area contributed by atoms with Gasteiger partial charge < -0.3 is 15.0 Å². The highest BCUT2D eigenvalue weighted by Gasteiger charge is 2.34. The highest BCUT2D eigenvalue weighted by Crippen LogP contribution is 2.28. The van der Waals surface area contributed by atoms with Gasteiger partial charge in [0.15, 0.2) is 0 Å². The topological polar surface area (TPSA) is 58.6 Å². The fraction of sp³-hybridized carbons (Fsp3) is 0.467. The Kier molecular flexibility index (Phi) is 5.07. The predicted octanol–water partition coefficient (Wildman–Crippen LogP) is 3.15. The molecule has 0 aromatic heterocycles. The number of halogens is 1. The maximum Gasteiger partial charge on any atom is 0.322 e. The van der Waals surface area contributed by atoms with E-state index in [1.807, 2.05) is 0 Å². The summed E-state index contributed by atoms with van der Waals surface area (Å²) in [5, 5.41) is 3.45. The number of nitrogens with one attached hydrogen (secondary N) is 1. The van der Waals surface area contributed by atoms with Crippen LogP contribution in [0.1, 0.15) is 19.8 Å². The van der Waals surface area contributed by atoms with E-state index in [2.05, 4.69) is 5.32 Å². The number of anilines is 1. The summed E-state index contributed by atoms with van der Waals surface area (Å²) in [6.07, 6.45) is 1.95. The lowest BCUT2D eigenvalue weighted by Crippen LogP contribution is -2.41. The zero-order chi connectivity index (χ0) is 15.4. The van der Waals surface area contributed by atoms with E-state index in [1.165, 1.54) is 7.11 Å². The number of amides is 2. The van der Waals surface area contributed by atoms with Crippen LogP contribution >= 0.6 is 11.6 Å². The van der Waals surface area contributed by atoms with Gasteiger partial charge in [-0.3, -0.25) is 4.79 Å². The molecule has 1 aromatic carbocycles. The molecule has 1 aliphatic carbocycles. The van der Waals surface area contributed by atoms with Crippen molar-refractivity contribution in [2.45, 2.75) is 25.8 Å². The van der Waals surface area contributed by atoms with Crippen molar-refractivity contribution in [3.63, 3.8) is 0 Å². The molecule has 0 radical (unpaired) electrons. The van der Waals surface area contributed by atoms with Gasteiger partial charge in [0.1, 0.15) is 0 Å². The number of nitrogens with zero attached hydrogens (tertiary/aromatic N) is 1. The van der Waals surface area contributed by atoms with Crippen molar-refractivity contribution in [1.82, 2.24) is 4.90 Å². The Bertz CT molecular complexity index is 514. The molecule has 0 aliphatic heterocycles. The smallest absolute Gasteiger partial charge is 0.322 e. The highest BCUT2D eigenvalue weighted by atomic mass is 35.5. The molecule has 6 heteroatoms. The first-order valence-electron chi connectivity index (χ1n) is 6.92. The van der Waals surface area contributed by atoms with Gasteiger partial charge >= 0.3 is 12.0 Å². The van der Waals surface area contributed by atoms with E-state index < -0.39 is 0 Å². The van der Waals surface area contributed by atoms with Crippen LogP contribution in [0.15, 0.2) is 24.3 Å². The minimum absolute atomic E-state index is 0.199. The molecule has 1 aromatic rings. The summed E-state index contributed by atoms with van der Waals surface area (Å²) in [5.74, 6) is -0.647. The van der Waals surface area contributed by atoms with E-state index in [-0.39, 0.29) is 24.0 Å². The largest absolute Gasteiger partial charge is 0.469 e. The summed E-state index contributed by atoms with van der Waals surface area (Å²) in [7, 11) is 1.36. The molecule has 1 aliphatic rings. The monoisotopic (exact) mass is 310 g/mol. The second kappa shape index (κ2) is 6.80. The zero-order valence-corrected chi connectivity index (χ0v) is 12.9. The van der Waals surface area contributed by atoms with Gasteiger partial charge in [-0.1, -0.05) is 18.5 Å². The number of methoxy groups -OCH3 is 1. The predicted molar refractivity (Wildman–Crippen MR) is 81.4 cm³/mol. The molecule has 2 amide bonds. The molecular formula is C15H19ClN2O3. The molecule has 21 heavy (non-hydrogen) atoms. The lowest BCUT2D eigenvalue weighted by molar-refractivity contribution is -0.145. The summed E-state index contributed by atoms with van der Waals surface area (Å²) >= 11 is 5.82. The Morgan fingerprint density at radius 1 is 1.38 bits per heavy atom. The Morgan fingerprint density at radius 3 is 2.52 bits per heavy atom. The number of hydrogen-bond acceptors (Lipinski definition) is 3. The van der Waals surface area contributed by atoms with Crippen molar-refractivity contribution < 1.29 is 14.3 Å². The van der Waals surface area contributed by atoms with Gasteiger partial charge in [-0.2, -0.15) is 0 Å². The van der Waals surface area contributed by atoms with Gasteiger partial charge in [-0.05, 0) is 37.1 Å². The van der Waals surface area contributed by atoms with Crippen molar-refractivity contribution in [3.05, 3.63) is 29.3 Å². The third-order valence-corrected chi connectivity index (χ3v) is 3.67. The standard InChI is InChI=1S/C15H19ClN2O3/c1-10(14(19)21-2)9-18(13-7-8-13)15(20)17-12-5-3-11(16)4-6-12/h3-6,10,13H,7-9H2,1-2H3,(H,17,20). The number of ether oxygens (including phenoxy) is 1. The third kappa shape index (κ3) is 4.36. The lowest BCUT2D eigenvalue weighted by Gasteiger charge is -2.25. The van der Waals surface area contributed by atoms with Crippen LogP contribution in [-0.2, 0) is 9.53 Å². The molecule has 1 atom stereocenters. The molecule has 0 bridgehead atoms. The Labute approximate surface area is 129 Å².